The average molecular weight is 200 g/mol. The Kier molecular flexibility index (Phi) is 3.39. The molecule has 0 aliphatic carbocycles. The van der Waals surface area contributed by atoms with E-state index in [-0.39, 0.29) is 12.1 Å². The van der Waals surface area contributed by atoms with Crippen molar-refractivity contribution >= 4 is 11.8 Å². The third-order valence-corrected chi connectivity index (χ3v) is 2.60. The number of aliphatic hydroxyl groups excluding tert-OH is 1. The SMILES string of the molecule is CC(C)(C)n1ccnc1SCCO. The zero-order valence-corrected chi connectivity index (χ0v) is 9.14. The Morgan fingerprint density at radius 1 is 1.54 bits per heavy atom. The molecule has 0 fully saturated rings. The fraction of sp³-hybridized carbons (Fsp3) is 0.667. The Hall–Kier alpha value is -0.480. The summed E-state index contributed by atoms with van der Waals surface area (Å²) in [6.45, 7) is 6.61. The van der Waals surface area contributed by atoms with Crippen LogP contribution in [-0.4, -0.2) is 27.0 Å². The molecule has 1 aromatic heterocycles. The van der Waals surface area contributed by atoms with Crippen LogP contribution in [0.25, 0.3) is 0 Å². The molecule has 3 nitrogen and oxygen atoms in total. The van der Waals surface area contributed by atoms with Gasteiger partial charge in [0.25, 0.3) is 0 Å². The zero-order valence-electron chi connectivity index (χ0n) is 8.32. The van der Waals surface area contributed by atoms with E-state index in [2.05, 4.69) is 30.3 Å². The normalized spacial score (nSPS) is 12.0. The van der Waals surface area contributed by atoms with Crippen molar-refractivity contribution in [1.82, 2.24) is 9.55 Å². The van der Waals surface area contributed by atoms with Gasteiger partial charge < -0.3 is 9.67 Å². The second-order valence-electron chi connectivity index (χ2n) is 3.82. The maximum Gasteiger partial charge on any atom is 0.168 e. The predicted molar refractivity (Wildman–Crippen MR) is 55.0 cm³/mol. The first-order valence-electron chi connectivity index (χ1n) is 4.33. The molecule has 0 radical (unpaired) electrons. The first-order chi connectivity index (χ1) is 6.05. The van der Waals surface area contributed by atoms with Gasteiger partial charge in [-0.1, -0.05) is 11.8 Å². The highest BCUT2D eigenvalue weighted by molar-refractivity contribution is 7.99. The van der Waals surface area contributed by atoms with Gasteiger partial charge in [-0.15, -0.1) is 0 Å². The smallest absolute Gasteiger partial charge is 0.168 e. The predicted octanol–water partition coefficient (Wildman–Crippen LogP) is 1.72. The third-order valence-electron chi connectivity index (χ3n) is 1.65. The molecule has 4 heteroatoms. The maximum atomic E-state index is 8.70. The van der Waals surface area contributed by atoms with Crippen LogP contribution in [0.4, 0.5) is 0 Å². The number of hydrogen-bond donors (Lipinski definition) is 1. The molecule has 0 aliphatic rings. The first kappa shape index (κ1) is 10.6. The topological polar surface area (TPSA) is 38.0 Å². The summed E-state index contributed by atoms with van der Waals surface area (Å²) in [6.07, 6.45) is 3.77. The summed E-state index contributed by atoms with van der Waals surface area (Å²) < 4.78 is 2.12. The molecule has 0 atom stereocenters. The van der Waals surface area contributed by atoms with Crippen molar-refractivity contribution < 1.29 is 5.11 Å². The van der Waals surface area contributed by atoms with Gasteiger partial charge in [-0.3, -0.25) is 0 Å². The van der Waals surface area contributed by atoms with E-state index in [1.165, 1.54) is 0 Å². The maximum absolute atomic E-state index is 8.70. The second-order valence-corrected chi connectivity index (χ2v) is 4.88. The van der Waals surface area contributed by atoms with Crippen molar-refractivity contribution in [2.24, 2.45) is 0 Å². The largest absolute Gasteiger partial charge is 0.396 e. The van der Waals surface area contributed by atoms with Crippen molar-refractivity contribution in [2.45, 2.75) is 31.5 Å². The second kappa shape index (κ2) is 4.15. The Labute approximate surface area is 83.2 Å². The highest BCUT2D eigenvalue weighted by Gasteiger charge is 2.16. The van der Waals surface area contributed by atoms with Gasteiger partial charge in [0.05, 0.1) is 6.61 Å². The van der Waals surface area contributed by atoms with Crippen LogP contribution in [0.1, 0.15) is 20.8 Å². The van der Waals surface area contributed by atoms with Gasteiger partial charge in [0.1, 0.15) is 0 Å². The van der Waals surface area contributed by atoms with Gasteiger partial charge in [0.2, 0.25) is 0 Å². The molecule has 0 aliphatic heterocycles. The molecule has 0 spiro atoms. The van der Waals surface area contributed by atoms with Gasteiger partial charge in [-0.2, -0.15) is 0 Å². The van der Waals surface area contributed by atoms with E-state index in [4.69, 9.17) is 5.11 Å². The fourth-order valence-corrected chi connectivity index (χ4v) is 1.93. The summed E-state index contributed by atoms with van der Waals surface area (Å²) in [6, 6.07) is 0. The molecule has 1 heterocycles. The summed E-state index contributed by atoms with van der Waals surface area (Å²) in [5.74, 6) is 0.701. The van der Waals surface area contributed by atoms with Crippen LogP contribution in [0, 0.1) is 0 Å². The van der Waals surface area contributed by atoms with Gasteiger partial charge >= 0.3 is 0 Å². The van der Waals surface area contributed by atoms with Gasteiger partial charge in [0.15, 0.2) is 5.16 Å². The van der Waals surface area contributed by atoms with E-state index < -0.39 is 0 Å². The lowest BCUT2D eigenvalue weighted by Gasteiger charge is -2.22. The van der Waals surface area contributed by atoms with E-state index in [1.807, 2.05) is 6.20 Å². The molecule has 0 unspecified atom stereocenters. The molecule has 0 bridgehead atoms. The van der Waals surface area contributed by atoms with Crippen LogP contribution < -0.4 is 0 Å². The minimum Gasteiger partial charge on any atom is -0.396 e. The molecule has 0 saturated heterocycles. The lowest BCUT2D eigenvalue weighted by atomic mass is 10.1. The lowest BCUT2D eigenvalue weighted by molar-refractivity contribution is 0.321. The molecule has 74 valence electrons. The van der Waals surface area contributed by atoms with Crippen LogP contribution >= 0.6 is 11.8 Å². The summed E-state index contributed by atoms with van der Waals surface area (Å²) in [7, 11) is 0. The summed E-state index contributed by atoms with van der Waals surface area (Å²) in [5.41, 5.74) is 0.0638. The van der Waals surface area contributed by atoms with E-state index in [0.717, 1.165) is 5.16 Å². The molecular weight excluding hydrogens is 184 g/mol. The zero-order chi connectivity index (χ0) is 9.90. The minimum atomic E-state index is 0.0638. The summed E-state index contributed by atoms with van der Waals surface area (Å²) >= 11 is 1.58. The van der Waals surface area contributed by atoms with Gasteiger partial charge in [-0.05, 0) is 20.8 Å². The highest BCUT2D eigenvalue weighted by Crippen LogP contribution is 2.23. The quantitative estimate of drug-likeness (QED) is 0.755. The van der Waals surface area contributed by atoms with Crippen LogP contribution in [0.3, 0.4) is 0 Å². The molecule has 1 N–H and O–H groups in total. The number of hydrogen-bond acceptors (Lipinski definition) is 3. The van der Waals surface area contributed by atoms with E-state index in [9.17, 15) is 0 Å². The van der Waals surface area contributed by atoms with Gasteiger partial charge in [0, 0.05) is 23.7 Å². The van der Waals surface area contributed by atoms with Gasteiger partial charge in [-0.25, -0.2) is 4.98 Å². The minimum absolute atomic E-state index is 0.0638. The van der Waals surface area contributed by atoms with Crippen molar-refractivity contribution in [1.29, 1.82) is 0 Å². The van der Waals surface area contributed by atoms with Crippen molar-refractivity contribution in [3.8, 4) is 0 Å². The number of nitrogens with zero attached hydrogens (tertiary/aromatic N) is 2. The lowest BCUT2D eigenvalue weighted by Crippen LogP contribution is -2.21. The third kappa shape index (κ3) is 2.74. The number of rotatable bonds is 3. The first-order valence-corrected chi connectivity index (χ1v) is 5.32. The summed E-state index contributed by atoms with van der Waals surface area (Å²) in [4.78, 5) is 4.23. The molecule has 1 aromatic rings. The van der Waals surface area contributed by atoms with E-state index >= 15 is 0 Å². The van der Waals surface area contributed by atoms with Crippen molar-refractivity contribution in [3.63, 3.8) is 0 Å². The Morgan fingerprint density at radius 2 is 2.23 bits per heavy atom. The number of aliphatic hydroxyl groups is 1. The van der Waals surface area contributed by atoms with Crippen LogP contribution in [0.5, 0.6) is 0 Å². The molecule has 1 rings (SSSR count). The Balaban J connectivity index is 2.77. The molecule has 0 amide bonds. The Morgan fingerprint density at radius 3 is 2.77 bits per heavy atom. The number of imidazole rings is 1. The number of thioether (sulfide) groups is 1. The van der Waals surface area contributed by atoms with E-state index in [0.29, 0.717) is 5.75 Å². The monoisotopic (exact) mass is 200 g/mol. The fourth-order valence-electron chi connectivity index (χ4n) is 1.04. The molecule has 0 aromatic carbocycles. The van der Waals surface area contributed by atoms with Crippen LogP contribution in [0.15, 0.2) is 17.6 Å². The molecule has 0 saturated carbocycles. The Bertz CT molecular complexity index is 265. The molecular formula is C9H16N2OS. The van der Waals surface area contributed by atoms with Crippen molar-refractivity contribution in [3.05, 3.63) is 12.4 Å². The van der Waals surface area contributed by atoms with E-state index in [1.54, 1.807) is 18.0 Å². The van der Waals surface area contributed by atoms with Crippen molar-refractivity contribution in [2.75, 3.05) is 12.4 Å². The van der Waals surface area contributed by atoms with Crippen LogP contribution in [0.2, 0.25) is 0 Å². The molecule has 13 heavy (non-hydrogen) atoms. The highest BCUT2D eigenvalue weighted by atomic mass is 32.2. The summed E-state index contributed by atoms with van der Waals surface area (Å²) in [5, 5.41) is 9.67. The standard InChI is InChI=1S/C9H16N2OS/c1-9(2,3)11-5-4-10-8(11)13-7-6-12/h4-5,12H,6-7H2,1-3H3. The average Bonchev–Trinajstić information content (AvgIpc) is 2.47. The van der Waals surface area contributed by atoms with Crippen LogP contribution in [-0.2, 0) is 5.54 Å². The number of aromatic nitrogens is 2.